The van der Waals surface area contributed by atoms with Crippen LogP contribution in [0.5, 0.6) is 17.4 Å². The summed E-state index contributed by atoms with van der Waals surface area (Å²) in [6.45, 7) is 3.94. The molecule has 0 bridgehead atoms. The van der Waals surface area contributed by atoms with Crippen LogP contribution in [0, 0.1) is 11.3 Å². The minimum Gasteiger partial charge on any atom is -0.491 e. The zero-order chi connectivity index (χ0) is 13.7. The number of ether oxygens (including phenoxy) is 2. The second-order valence-electron chi connectivity index (χ2n) is 4.09. The largest absolute Gasteiger partial charge is 0.491 e. The average Bonchev–Trinajstić information content (AvgIpc) is 2.41. The summed E-state index contributed by atoms with van der Waals surface area (Å²) < 4.78 is 11.0. The second-order valence-corrected chi connectivity index (χ2v) is 4.09. The van der Waals surface area contributed by atoms with E-state index >= 15 is 0 Å². The molecule has 0 aliphatic rings. The van der Waals surface area contributed by atoms with Gasteiger partial charge in [0.2, 0.25) is 5.88 Å². The van der Waals surface area contributed by atoms with Crippen LogP contribution in [0.1, 0.15) is 19.5 Å². The van der Waals surface area contributed by atoms with Crippen LogP contribution in [-0.2, 0) is 0 Å². The first-order valence-corrected chi connectivity index (χ1v) is 5.84. The molecule has 1 aromatic heterocycles. The van der Waals surface area contributed by atoms with Gasteiger partial charge in [0.15, 0.2) is 5.69 Å². The summed E-state index contributed by atoms with van der Waals surface area (Å²) in [6, 6.07) is 9.13. The van der Waals surface area contributed by atoms with Gasteiger partial charge < -0.3 is 9.47 Å². The van der Waals surface area contributed by atoms with Gasteiger partial charge in [-0.3, -0.25) is 0 Å². The highest BCUT2D eigenvalue weighted by molar-refractivity contribution is 5.33. The maximum Gasteiger partial charge on any atom is 0.237 e. The minimum atomic E-state index is 0.135. The third-order valence-corrected chi connectivity index (χ3v) is 2.16. The summed E-state index contributed by atoms with van der Waals surface area (Å²) in [6.07, 6.45) is 2.92. The number of nitrogens with zero attached hydrogens (tertiary/aromatic N) is 3. The van der Waals surface area contributed by atoms with Gasteiger partial charge in [-0.25, -0.2) is 9.97 Å². The highest BCUT2D eigenvalue weighted by Gasteiger charge is 2.02. The van der Waals surface area contributed by atoms with E-state index in [1.807, 2.05) is 32.0 Å². The van der Waals surface area contributed by atoms with Crippen molar-refractivity contribution in [1.29, 1.82) is 5.26 Å². The monoisotopic (exact) mass is 255 g/mol. The molecule has 19 heavy (non-hydrogen) atoms. The Hall–Kier alpha value is -2.61. The Morgan fingerprint density at radius 2 is 1.74 bits per heavy atom. The van der Waals surface area contributed by atoms with Crippen LogP contribution in [-0.4, -0.2) is 16.1 Å². The van der Waals surface area contributed by atoms with Crippen molar-refractivity contribution in [3.8, 4) is 23.4 Å². The van der Waals surface area contributed by atoms with Crippen molar-refractivity contribution in [3.63, 3.8) is 0 Å². The lowest BCUT2D eigenvalue weighted by Gasteiger charge is -2.10. The SMILES string of the molecule is CC(C)Oc1ccc(Oc2cnc(C#N)cn2)cc1. The van der Waals surface area contributed by atoms with E-state index < -0.39 is 0 Å². The van der Waals surface area contributed by atoms with E-state index in [4.69, 9.17) is 14.7 Å². The quantitative estimate of drug-likeness (QED) is 0.840. The molecule has 5 heteroatoms. The van der Waals surface area contributed by atoms with E-state index in [1.54, 1.807) is 12.1 Å². The Morgan fingerprint density at radius 3 is 2.26 bits per heavy atom. The van der Waals surface area contributed by atoms with Crippen molar-refractivity contribution in [2.24, 2.45) is 0 Å². The first kappa shape index (κ1) is 12.8. The zero-order valence-electron chi connectivity index (χ0n) is 10.7. The molecule has 0 radical (unpaired) electrons. The van der Waals surface area contributed by atoms with E-state index in [0.717, 1.165) is 5.75 Å². The number of hydrogen-bond donors (Lipinski definition) is 0. The summed E-state index contributed by atoms with van der Waals surface area (Å²) in [4.78, 5) is 7.85. The van der Waals surface area contributed by atoms with Gasteiger partial charge in [-0.15, -0.1) is 0 Å². The van der Waals surface area contributed by atoms with E-state index in [9.17, 15) is 0 Å². The summed E-state index contributed by atoms with van der Waals surface area (Å²) >= 11 is 0. The third-order valence-electron chi connectivity index (χ3n) is 2.16. The molecule has 1 heterocycles. The molecular formula is C14H13N3O2. The summed E-state index contributed by atoms with van der Waals surface area (Å²) in [7, 11) is 0. The molecule has 0 aliphatic carbocycles. The molecule has 0 aliphatic heterocycles. The lowest BCUT2D eigenvalue weighted by molar-refractivity contribution is 0.242. The highest BCUT2D eigenvalue weighted by Crippen LogP contribution is 2.22. The Labute approximate surface area is 111 Å². The molecule has 0 fully saturated rings. The first-order valence-electron chi connectivity index (χ1n) is 5.84. The van der Waals surface area contributed by atoms with Gasteiger partial charge in [-0.05, 0) is 38.1 Å². The molecule has 0 amide bonds. The van der Waals surface area contributed by atoms with Crippen LogP contribution in [0.2, 0.25) is 0 Å². The topological polar surface area (TPSA) is 68.0 Å². The maximum atomic E-state index is 8.61. The molecule has 0 spiro atoms. The molecule has 2 rings (SSSR count). The lowest BCUT2D eigenvalue weighted by Crippen LogP contribution is -2.05. The molecular weight excluding hydrogens is 242 g/mol. The fraction of sp³-hybridized carbons (Fsp3) is 0.214. The van der Waals surface area contributed by atoms with E-state index in [0.29, 0.717) is 11.6 Å². The van der Waals surface area contributed by atoms with Crippen molar-refractivity contribution < 1.29 is 9.47 Å². The Kier molecular flexibility index (Phi) is 3.94. The van der Waals surface area contributed by atoms with Crippen LogP contribution < -0.4 is 9.47 Å². The van der Waals surface area contributed by atoms with Gasteiger partial charge in [-0.2, -0.15) is 5.26 Å². The smallest absolute Gasteiger partial charge is 0.237 e. The number of benzene rings is 1. The molecule has 0 saturated heterocycles. The summed E-state index contributed by atoms with van der Waals surface area (Å²) in [5, 5.41) is 8.61. The molecule has 0 N–H and O–H groups in total. The van der Waals surface area contributed by atoms with Gasteiger partial charge in [0.1, 0.15) is 17.6 Å². The van der Waals surface area contributed by atoms with Crippen molar-refractivity contribution in [3.05, 3.63) is 42.4 Å². The molecule has 1 aromatic carbocycles. The predicted molar refractivity (Wildman–Crippen MR) is 69.0 cm³/mol. The van der Waals surface area contributed by atoms with Gasteiger partial charge in [0.25, 0.3) is 0 Å². The van der Waals surface area contributed by atoms with Crippen LogP contribution in [0.15, 0.2) is 36.7 Å². The Bertz CT molecular complexity index is 571. The van der Waals surface area contributed by atoms with Crippen LogP contribution in [0.4, 0.5) is 0 Å². The molecule has 96 valence electrons. The van der Waals surface area contributed by atoms with Crippen molar-refractivity contribution in [1.82, 2.24) is 9.97 Å². The van der Waals surface area contributed by atoms with Crippen molar-refractivity contribution in [2.45, 2.75) is 20.0 Å². The molecule has 5 nitrogen and oxygen atoms in total. The van der Waals surface area contributed by atoms with Crippen LogP contribution in [0.25, 0.3) is 0 Å². The molecule has 0 unspecified atom stereocenters. The van der Waals surface area contributed by atoms with Gasteiger partial charge in [-0.1, -0.05) is 0 Å². The fourth-order valence-corrected chi connectivity index (χ4v) is 1.41. The van der Waals surface area contributed by atoms with E-state index in [2.05, 4.69) is 9.97 Å². The number of aromatic nitrogens is 2. The van der Waals surface area contributed by atoms with Crippen LogP contribution in [0.3, 0.4) is 0 Å². The zero-order valence-corrected chi connectivity index (χ0v) is 10.7. The van der Waals surface area contributed by atoms with E-state index in [1.165, 1.54) is 12.4 Å². The predicted octanol–water partition coefficient (Wildman–Crippen LogP) is 2.93. The summed E-state index contributed by atoms with van der Waals surface area (Å²) in [5.41, 5.74) is 0.257. The number of hydrogen-bond acceptors (Lipinski definition) is 5. The lowest BCUT2D eigenvalue weighted by atomic mass is 10.3. The minimum absolute atomic E-state index is 0.135. The van der Waals surface area contributed by atoms with Crippen molar-refractivity contribution >= 4 is 0 Å². The molecule has 2 aromatic rings. The molecule has 0 saturated carbocycles. The van der Waals surface area contributed by atoms with Gasteiger partial charge in [0.05, 0.1) is 18.5 Å². The maximum absolute atomic E-state index is 8.61. The normalized spacial score (nSPS) is 10.0. The second kappa shape index (κ2) is 5.83. The Morgan fingerprint density at radius 1 is 1.05 bits per heavy atom. The van der Waals surface area contributed by atoms with Crippen molar-refractivity contribution in [2.75, 3.05) is 0 Å². The first-order chi connectivity index (χ1) is 9.17. The number of rotatable bonds is 4. The van der Waals surface area contributed by atoms with Gasteiger partial charge >= 0.3 is 0 Å². The van der Waals surface area contributed by atoms with Gasteiger partial charge in [0, 0.05) is 0 Å². The Balaban J connectivity index is 2.04. The standard InChI is InChI=1S/C14H13N3O2/c1-10(2)18-12-3-5-13(6-4-12)19-14-9-16-11(7-15)8-17-14/h3-6,8-10H,1-2H3. The van der Waals surface area contributed by atoms with Crippen LogP contribution >= 0.6 is 0 Å². The molecule has 0 atom stereocenters. The van der Waals surface area contributed by atoms with E-state index in [-0.39, 0.29) is 11.8 Å². The average molecular weight is 255 g/mol. The summed E-state index contributed by atoms with van der Waals surface area (Å²) in [5.74, 6) is 1.76. The highest BCUT2D eigenvalue weighted by atomic mass is 16.5. The fourth-order valence-electron chi connectivity index (χ4n) is 1.41. The third kappa shape index (κ3) is 3.68. The number of nitriles is 1.